The van der Waals surface area contributed by atoms with E-state index in [0.29, 0.717) is 0 Å². The molecule has 0 amide bonds. The first-order chi connectivity index (χ1) is 6.91. The molecule has 0 aliphatic carbocycles. The van der Waals surface area contributed by atoms with Crippen LogP contribution < -0.4 is 16.0 Å². The molecule has 1 heterocycles. The average Bonchev–Trinajstić information content (AvgIpc) is 2.47. The van der Waals surface area contributed by atoms with Crippen molar-refractivity contribution in [3.63, 3.8) is 0 Å². The summed E-state index contributed by atoms with van der Waals surface area (Å²) in [5, 5.41) is 0.242. The van der Waals surface area contributed by atoms with Crippen molar-refractivity contribution in [3.8, 4) is 5.75 Å². The average molecular weight is 241 g/mol. The summed E-state index contributed by atoms with van der Waals surface area (Å²) >= 11 is 4.92. The SMILES string of the molecule is COc1cnn(C)c1C(NN)C(F)(F)Cl. The third kappa shape index (κ3) is 2.36. The maximum atomic E-state index is 13.0. The van der Waals surface area contributed by atoms with E-state index in [1.54, 1.807) is 0 Å². The van der Waals surface area contributed by atoms with Gasteiger partial charge in [0.05, 0.1) is 13.3 Å². The number of aryl methyl sites for hydroxylation is 1. The molecule has 1 aromatic rings. The van der Waals surface area contributed by atoms with Crippen LogP contribution in [-0.4, -0.2) is 22.3 Å². The summed E-state index contributed by atoms with van der Waals surface area (Å²) in [6.07, 6.45) is 1.31. The zero-order chi connectivity index (χ0) is 11.6. The lowest BCUT2D eigenvalue weighted by Gasteiger charge is -2.21. The minimum absolute atomic E-state index is 0.0833. The van der Waals surface area contributed by atoms with Crippen molar-refractivity contribution in [1.82, 2.24) is 15.2 Å². The van der Waals surface area contributed by atoms with E-state index in [2.05, 4.69) is 5.10 Å². The minimum Gasteiger partial charge on any atom is -0.493 e. The monoisotopic (exact) mass is 240 g/mol. The van der Waals surface area contributed by atoms with Crippen molar-refractivity contribution in [2.24, 2.45) is 12.9 Å². The zero-order valence-electron chi connectivity index (χ0n) is 8.17. The van der Waals surface area contributed by atoms with Gasteiger partial charge in [-0.05, 0) is 11.6 Å². The number of hydrogen-bond donors (Lipinski definition) is 2. The Balaban J connectivity index is 3.16. The molecule has 8 heteroatoms. The zero-order valence-corrected chi connectivity index (χ0v) is 8.92. The molecule has 0 radical (unpaired) electrons. The fourth-order valence-corrected chi connectivity index (χ4v) is 1.41. The summed E-state index contributed by atoms with van der Waals surface area (Å²) in [5.74, 6) is 5.23. The second-order valence-electron chi connectivity index (χ2n) is 2.86. The summed E-state index contributed by atoms with van der Waals surface area (Å²) in [6.45, 7) is 0. The van der Waals surface area contributed by atoms with Gasteiger partial charge >= 0.3 is 5.38 Å². The molecule has 0 spiro atoms. The van der Waals surface area contributed by atoms with Gasteiger partial charge in [-0.2, -0.15) is 13.9 Å². The van der Waals surface area contributed by atoms with Crippen LogP contribution in [0.2, 0.25) is 0 Å². The van der Waals surface area contributed by atoms with Crippen molar-refractivity contribution in [1.29, 1.82) is 0 Å². The van der Waals surface area contributed by atoms with Crippen molar-refractivity contribution in [2.75, 3.05) is 7.11 Å². The normalized spacial score (nSPS) is 14.0. The number of nitrogens with zero attached hydrogens (tertiary/aromatic N) is 2. The Morgan fingerprint density at radius 1 is 1.73 bits per heavy atom. The highest BCUT2D eigenvalue weighted by molar-refractivity contribution is 6.22. The largest absolute Gasteiger partial charge is 0.493 e. The predicted molar refractivity (Wildman–Crippen MR) is 50.6 cm³/mol. The van der Waals surface area contributed by atoms with Gasteiger partial charge in [-0.1, -0.05) is 0 Å². The van der Waals surface area contributed by atoms with Crippen molar-refractivity contribution in [2.45, 2.75) is 11.4 Å². The highest BCUT2D eigenvalue weighted by atomic mass is 35.5. The lowest BCUT2D eigenvalue weighted by Crippen LogP contribution is -2.39. The lowest BCUT2D eigenvalue weighted by atomic mass is 10.2. The Labute approximate surface area is 90.1 Å². The Bertz CT molecular complexity index is 338. The van der Waals surface area contributed by atoms with E-state index in [-0.39, 0.29) is 11.4 Å². The maximum Gasteiger partial charge on any atom is 0.343 e. The first-order valence-electron chi connectivity index (χ1n) is 4.00. The molecule has 0 aromatic carbocycles. The van der Waals surface area contributed by atoms with Crippen LogP contribution in [0.15, 0.2) is 6.20 Å². The summed E-state index contributed by atoms with van der Waals surface area (Å²) in [5.41, 5.74) is 2.02. The Morgan fingerprint density at radius 3 is 2.73 bits per heavy atom. The second-order valence-corrected chi connectivity index (χ2v) is 3.37. The van der Waals surface area contributed by atoms with E-state index in [1.807, 2.05) is 5.43 Å². The standard InChI is InChI=1S/C7H11ClF2N4O/c1-14-5(4(15-2)3-12-14)6(13-11)7(8,9)10/h3,6,13H,11H2,1-2H3. The van der Waals surface area contributed by atoms with Crippen LogP contribution in [0.3, 0.4) is 0 Å². The van der Waals surface area contributed by atoms with Gasteiger partial charge in [-0.3, -0.25) is 10.5 Å². The fourth-order valence-electron chi connectivity index (χ4n) is 1.24. The van der Waals surface area contributed by atoms with E-state index in [0.717, 1.165) is 0 Å². The number of alkyl halides is 3. The third-order valence-corrected chi connectivity index (χ3v) is 2.15. The molecule has 3 N–H and O–H groups in total. The van der Waals surface area contributed by atoms with E-state index < -0.39 is 11.4 Å². The van der Waals surface area contributed by atoms with Crippen molar-refractivity contribution >= 4 is 11.6 Å². The number of hydrogen-bond acceptors (Lipinski definition) is 4. The Kier molecular flexibility index (Phi) is 3.48. The summed E-state index contributed by atoms with van der Waals surface area (Å²) in [7, 11) is 2.84. The molecule has 5 nitrogen and oxygen atoms in total. The van der Waals surface area contributed by atoms with Gasteiger partial charge in [0.15, 0.2) is 5.75 Å². The second kappa shape index (κ2) is 4.30. The number of halogens is 3. The topological polar surface area (TPSA) is 65.1 Å². The van der Waals surface area contributed by atoms with Crippen LogP contribution in [0.1, 0.15) is 11.7 Å². The van der Waals surface area contributed by atoms with Crippen molar-refractivity contribution in [3.05, 3.63) is 11.9 Å². The molecule has 1 aromatic heterocycles. The quantitative estimate of drug-likeness (QED) is 0.463. The van der Waals surface area contributed by atoms with E-state index in [1.165, 1.54) is 25.0 Å². The van der Waals surface area contributed by atoms with Gasteiger partial charge in [0.1, 0.15) is 11.7 Å². The van der Waals surface area contributed by atoms with E-state index in [4.69, 9.17) is 22.2 Å². The summed E-state index contributed by atoms with van der Waals surface area (Å²) in [6, 6.07) is -1.57. The van der Waals surface area contributed by atoms with Gasteiger partial charge < -0.3 is 4.74 Å². The van der Waals surface area contributed by atoms with Gasteiger partial charge in [0.25, 0.3) is 0 Å². The fraction of sp³-hybridized carbons (Fsp3) is 0.571. The van der Waals surface area contributed by atoms with Gasteiger partial charge in [-0.15, -0.1) is 0 Å². The number of hydrazine groups is 1. The molecule has 86 valence electrons. The molecule has 0 saturated carbocycles. The Hall–Kier alpha value is -0.920. The third-order valence-electron chi connectivity index (χ3n) is 1.94. The molecule has 1 rings (SSSR count). The number of ether oxygens (including phenoxy) is 1. The van der Waals surface area contributed by atoms with Crippen LogP contribution in [-0.2, 0) is 7.05 Å². The molecular formula is C7H11ClF2N4O. The molecule has 0 saturated heterocycles. The van der Waals surface area contributed by atoms with E-state index >= 15 is 0 Å². The minimum atomic E-state index is -3.53. The van der Waals surface area contributed by atoms with Crippen LogP contribution in [0.5, 0.6) is 5.75 Å². The summed E-state index contributed by atoms with van der Waals surface area (Å²) < 4.78 is 32.0. The molecule has 0 bridgehead atoms. The van der Waals surface area contributed by atoms with Gasteiger partial charge in [0, 0.05) is 7.05 Å². The highest BCUT2D eigenvalue weighted by Gasteiger charge is 2.41. The molecule has 0 aliphatic rings. The number of aromatic nitrogens is 2. The highest BCUT2D eigenvalue weighted by Crippen LogP contribution is 2.37. The maximum absolute atomic E-state index is 13.0. The predicted octanol–water partition coefficient (Wildman–Crippen LogP) is 0.765. The number of nitrogens with two attached hydrogens (primary N) is 1. The van der Waals surface area contributed by atoms with Crippen molar-refractivity contribution < 1.29 is 13.5 Å². The Morgan fingerprint density at radius 2 is 2.33 bits per heavy atom. The lowest BCUT2D eigenvalue weighted by molar-refractivity contribution is 0.0455. The van der Waals surface area contributed by atoms with Gasteiger partial charge in [-0.25, -0.2) is 5.43 Å². The molecule has 1 unspecified atom stereocenters. The van der Waals surface area contributed by atoms with Crippen LogP contribution in [0.4, 0.5) is 8.78 Å². The van der Waals surface area contributed by atoms with E-state index in [9.17, 15) is 8.78 Å². The molecule has 15 heavy (non-hydrogen) atoms. The van der Waals surface area contributed by atoms with Crippen LogP contribution in [0.25, 0.3) is 0 Å². The number of rotatable bonds is 4. The molecule has 1 atom stereocenters. The molecule has 0 fully saturated rings. The number of nitrogens with one attached hydrogen (secondary N) is 1. The molecular weight excluding hydrogens is 230 g/mol. The van der Waals surface area contributed by atoms with Crippen LogP contribution >= 0.6 is 11.6 Å². The molecule has 0 aliphatic heterocycles. The smallest absolute Gasteiger partial charge is 0.343 e. The first kappa shape index (κ1) is 12.2. The number of methoxy groups -OCH3 is 1. The first-order valence-corrected chi connectivity index (χ1v) is 4.38. The summed E-state index contributed by atoms with van der Waals surface area (Å²) in [4.78, 5) is 0. The van der Waals surface area contributed by atoms with Crippen LogP contribution in [0, 0.1) is 0 Å². The van der Waals surface area contributed by atoms with Gasteiger partial charge in [0.2, 0.25) is 0 Å².